The van der Waals surface area contributed by atoms with Crippen LogP contribution >= 0.6 is 0 Å². The van der Waals surface area contributed by atoms with Crippen LogP contribution in [0.4, 0.5) is 0 Å². The van der Waals surface area contributed by atoms with Crippen LogP contribution in [0.1, 0.15) is 392 Å². The van der Waals surface area contributed by atoms with Crippen LogP contribution in [0.15, 0.2) is 30.3 Å². The fraction of sp³-hybridized carbons (Fsp3) is 0.927. The van der Waals surface area contributed by atoms with E-state index in [0.717, 1.165) is 148 Å². The molecular weight excluding hydrogens is 1030 g/mol. The smallest absolute Gasteiger partial charge is 0.0716 e. The second-order valence-corrected chi connectivity index (χ2v) is 33.1. The van der Waals surface area contributed by atoms with Gasteiger partial charge in [-0.25, -0.2) is 0 Å². The maximum absolute atomic E-state index is 13.0. The molecule has 0 amide bonds. The van der Waals surface area contributed by atoms with Crippen LogP contribution in [0.25, 0.3) is 0 Å². The minimum Gasteiger partial charge on any atom is -0.390 e. The van der Waals surface area contributed by atoms with E-state index in [1.807, 2.05) is 0 Å². The fourth-order valence-corrected chi connectivity index (χ4v) is 14.8. The van der Waals surface area contributed by atoms with Gasteiger partial charge in [0.05, 0.1) is 17.8 Å². The first kappa shape index (κ1) is 82.1. The molecule has 0 radical (unpaired) electrons. The van der Waals surface area contributed by atoms with Crippen molar-refractivity contribution in [2.45, 2.75) is 405 Å². The molecule has 0 aliphatic rings. The zero-order valence-electron chi connectivity index (χ0n) is 61.0. The van der Waals surface area contributed by atoms with Crippen molar-refractivity contribution in [1.29, 1.82) is 0 Å². The standard InChI is InChI=1S/C82H158O3/c1-67(2)34-20-44-75(45-21-35-68(3)4)52-28-59-81(83,60-29-53-76(46-22-36-69(5)6)47-23-37-70(7)8)63-32-56-79(58-65-85-66-80-42-18-17-19-43-80)57-33-64-82(84,61-30-54-77(48-24-38-71(9)10)49-25-39-72(11)12)62-31-55-78(50-26-40-73(13)14)51-27-41-74(15)16/h17-19,42-43,67-79,83-84H,20-41,44-66H2,1-16H3. The van der Waals surface area contributed by atoms with E-state index in [2.05, 4.69) is 141 Å². The second kappa shape index (κ2) is 51.7. The number of aliphatic hydroxyl groups is 2. The van der Waals surface area contributed by atoms with Crippen molar-refractivity contribution >= 4 is 0 Å². The van der Waals surface area contributed by atoms with Crippen LogP contribution in [0.5, 0.6) is 0 Å². The van der Waals surface area contributed by atoms with E-state index in [0.29, 0.717) is 12.5 Å². The van der Waals surface area contributed by atoms with Crippen LogP contribution in [0.3, 0.4) is 0 Å². The highest BCUT2D eigenvalue weighted by atomic mass is 16.5. The maximum Gasteiger partial charge on any atom is 0.0716 e. The summed E-state index contributed by atoms with van der Waals surface area (Å²) in [6, 6.07) is 10.7. The van der Waals surface area contributed by atoms with Gasteiger partial charge in [0.25, 0.3) is 0 Å². The quantitative estimate of drug-likeness (QED) is 0.0639. The summed E-state index contributed by atoms with van der Waals surface area (Å²) < 4.78 is 6.48. The van der Waals surface area contributed by atoms with E-state index in [9.17, 15) is 10.2 Å². The van der Waals surface area contributed by atoms with E-state index < -0.39 is 11.2 Å². The molecule has 504 valence electrons. The van der Waals surface area contributed by atoms with E-state index in [1.165, 1.54) is 211 Å². The van der Waals surface area contributed by atoms with Crippen LogP contribution in [0.2, 0.25) is 0 Å². The highest BCUT2D eigenvalue weighted by Crippen LogP contribution is 2.37. The Labute approximate surface area is 536 Å². The van der Waals surface area contributed by atoms with Crippen LogP contribution in [0, 0.1) is 76.9 Å². The van der Waals surface area contributed by atoms with Gasteiger partial charge in [-0.15, -0.1) is 0 Å². The average molecular weight is 1190 g/mol. The lowest BCUT2D eigenvalue weighted by atomic mass is 9.79. The molecule has 0 aromatic heterocycles. The zero-order valence-corrected chi connectivity index (χ0v) is 61.0. The third-order valence-corrected chi connectivity index (χ3v) is 20.5. The van der Waals surface area contributed by atoms with Crippen molar-refractivity contribution in [2.75, 3.05) is 6.61 Å². The van der Waals surface area contributed by atoms with Crippen molar-refractivity contribution in [2.24, 2.45) is 76.9 Å². The fourth-order valence-electron chi connectivity index (χ4n) is 14.8. The predicted octanol–water partition coefficient (Wildman–Crippen LogP) is 26.8. The molecule has 0 bridgehead atoms. The summed E-state index contributed by atoms with van der Waals surface area (Å²) in [5.74, 6) is 9.94. The Balaban J connectivity index is 3.48. The topological polar surface area (TPSA) is 49.7 Å². The molecular formula is C82H158O3. The Morgan fingerprint density at radius 1 is 0.259 bits per heavy atom. The second-order valence-electron chi connectivity index (χ2n) is 33.1. The molecule has 1 aromatic rings. The number of hydrogen-bond acceptors (Lipinski definition) is 3. The molecule has 85 heavy (non-hydrogen) atoms. The molecule has 3 nitrogen and oxygen atoms in total. The van der Waals surface area contributed by atoms with E-state index in [1.54, 1.807) is 0 Å². The van der Waals surface area contributed by atoms with E-state index in [-0.39, 0.29) is 0 Å². The summed E-state index contributed by atoms with van der Waals surface area (Å²) >= 11 is 0. The molecule has 2 N–H and O–H groups in total. The predicted molar refractivity (Wildman–Crippen MR) is 381 cm³/mol. The van der Waals surface area contributed by atoms with Gasteiger partial charge in [0.15, 0.2) is 0 Å². The monoisotopic (exact) mass is 1190 g/mol. The summed E-state index contributed by atoms with van der Waals surface area (Å²) in [4.78, 5) is 0. The average Bonchev–Trinajstić information content (AvgIpc) is 3.51. The van der Waals surface area contributed by atoms with Crippen molar-refractivity contribution in [1.82, 2.24) is 0 Å². The number of rotatable bonds is 61. The number of benzene rings is 1. The lowest BCUT2D eigenvalue weighted by Crippen LogP contribution is -2.30. The van der Waals surface area contributed by atoms with Gasteiger partial charge in [-0.2, -0.15) is 0 Å². The molecule has 0 spiro atoms. The van der Waals surface area contributed by atoms with E-state index >= 15 is 0 Å². The summed E-state index contributed by atoms with van der Waals surface area (Å²) in [7, 11) is 0. The van der Waals surface area contributed by atoms with E-state index in [4.69, 9.17) is 4.74 Å². The minimum atomic E-state index is -0.585. The molecule has 0 saturated heterocycles. The van der Waals surface area contributed by atoms with Crippen LogP contribution in [-0.4, -0.2) is 28.0 Å². The third kappa shape index (κ3) is 50.4. The van der Waals surface area contributed by atoms with Gasteiger partial charge in [-0.05, 0) is 127 Å². The van der Waals surface area contributed by atoms with Gasteiger partial charge in [-0.1, -0.05) is 372 Å². The maximum atomic E-state index is 13.0. The van der Waals surface area contributed by atoms with Crippen molar-refractivity contribution in [3.8, 4) is 0 Å². The molecule has 0 saturated carbocycles. The van der Waals surface area contributed by atoms with Crippen LogP contribution in [-0.2, 0) is 11.3 Å². The Hall–Kier alpha value is -0.900. The summed E-state index contributed by atoms with van der Waals surface area (Å²) in [5.41, 5.74) is 0.0823. The Morgan fingerprint density at radius 3 is 0.647 bits per heavy atom. The largest absolute Gasteiger partial charge is 0.390 e. The first-order chi connectivity index (χ1) is 40.5. The van der Waals surface area contributed by atoms with Crippen LogP contribution < -0.4 is 0 Å². The van der Waals surface area contributed by atoms with Gasteiger partial charge < -0.3 is 14.9 Å². The Bertz CT molecular complexity index is 1330. The van der Waals surface area contributed by atoms with Crippen molar-refractivity contribution < 1.29 is 14.9 Å². The summed E-state index contributed by atoms with van der Waals surface area (Å²) in [5, 5.41) is 26.1. The summed E-state index contributed by atoms with van der Waals surface area (Å²) in [6.07, 6.45) is 53.5. The number of hydrogen-bond donors (Lipinski definition) is 2. The first-order valence-corrected chi connectivity index (χ1v) is 38.5. The molecule has 1 aromatic carbocycles. The zero-order chi connectivity index (χ0) is 63.1. The summed E-state index contributed by atoms with van der Waals surface area (Å²) in [6.45, 7) is 39.7. The highest BCUT2D eigenvalue weighted by Gasteiger charge is 2.30. The molecule has 1 rings (SSSR count). The molecule has 3 heteroatoms. The lowest BCUT2D eigenvalue weighted by Gasteiger charge is -2.32. The molecule has 0 atom stereocenters. The molecule has 0 unspecified atom stereocenters. The molecule has 0 fully saturated rings. The lowest BCUT2D eigenvalue weighted by molar-refractivity contribution is 0.00121. The normalized spacial score (nSPS) is 13.1. The van der Waals surface area contributed by atoms with Gasteiger partial charge in [-0.3, -0.25) is 0 Å². The molecule has 0 aliphatic carbocycles. The molecule has 0 heterocycles. The van der Waals surface area contributed by atoms with Gasteiger partial charge in [0, 0.05) is 6.61 Å². The first-order valence-electron chi connectivity index (χ1n) is 38.5. The van der Waals surface area contributed by atoms with Crippen molar-refractivity contribution in [3.05, 3.63) is 35.9 Å². The minimum absolute atomic E-state index is 0.541. The Morgan fingerprint density at radius 2 is 0.447 bits per heavy atom. The van der Waals surface area contributed by atoms with Crippen molar-refractivity contribution in [3.63, 3.8) is 0 Å². The molecule has 0 aliphatic heterocycles. The highest BCUT2D eigenvalue weighted by molar-refractivity contribution is 5.13. The van der Waals surface area contributed by atoms with Gasteiger partial charge >= 0.3 is 0 Å². The SMILES string of the molecule is CC(C)CCCC(CCCC(C)C)CCCC(O)(CCCC(CCCC(C)C)CCCC(C)C)CCCC(CCCC(O)(CCCC(CCCC(C)C)CCCC(C)C)CCCC(CCCC(C)C)CCCC(C)C)CCOCc1ccccc1. The Kier molecular flexibility index (Phi) is 49.9. The van der Waals surface area contributed by atoms with Gasteiger partial charge in [0.1, 0.15) is 0 Å². The van der Waals surface area contributed by atoms with Gasteiger partial charge in [0.2, 0.25) is 0 Å². The third-order valence-electron chi connectivity index (χ3n) is 20.5. The number of ether oxygens (including phenoxy) is 1.